The van der Waals surface area contributed by atoms with E-state index < -0.39 is 0 Å². The summed E-state index contributed by atoms with van der Waals surface area (Å²) in [5, 5.41) is 10.6. The van der Waals surface area contributed by atoms with E-state index in [-0.39, 0.29) is 11.9 Å². The van der Waals surface area contributed by atoms with Crippen molar-refractivity contribution in [2.45, 2.75) is 45.1 Å². The second-order valence-electron chi connectivity index (χ2n) is 6.48. The maximum Gasteiger partial charge on any atom is 0.273 e. The van der Waals surface area contributed by atoms with Crippen LogP contribution in [0.15, 0.2) is 34.2 Å². The Labute approximate surface area is 144 Å². The highest BCUT2D eigenvalue weighted by Gasteiger charge is 2.24. The van der Waals surface area contributed by atoms with Gasteiger partial charge in [0.05, 0.1) is 0 Å². The lowest BCUT2D eigenvalue weighted by molar-refractivity contribution is 0.0930. The molecule has 0 radical (unpaired) electrons. The second-order valence-corrected chi connectivity index (χ2v) is 7.39. The fraction of sp³-hybridized carbons (Fsp3) is 0.368. The average Bonchev–Trinajstić information content (AvgIpc) is 3.19. The van der Waals surface area contributed by atoms with Gasteiger partial charge in [0.15, 0.2) is 5.69 Å². The Kier molecular flexibility index (Phi) is 4.10. The van der Waals surface area contributed by atoms with Crippen LogP contribution in [0.1, 0.15) is 47.1 Å². The molecule has 1 aromatic carbocycles. The molecular formula is C19H20N2O2S. The number of carbonyl (C=O) groups excluding carboxylic acids is 1. The molecule has 0 fully saturated rings. The van der Waals surface area contributed by atoms with E-state index in [1.165, 1.54) is 15.6 Å². The summed E-state index contributed by atoms with van der Waals surface area (Å²) in [6, 6.07) is 8.44. The molecule has 4 nitrogen and oxygen atoms in total. The Hall–Kier alpha value is -2.14. The van der Waals surface area contributed by atoms with Gasteiger partial charge in [-0.2, -0.15) is 0 Å². The van der Waals surface area contributed by atoms with E-state index in [1.54, 1.807) is 11.3 Å². The first-order valence-corrected chi connectivity index (χ1v) is 9.33. The van der Waals surface area contributed by atoms with Crippen molar-refractivity contribution < 1.29 is 9.32 Å². The molecule has 2 heterocycles. The van der Waals surface area contributed by atoms with Crippen molar-refractivity contribution in [1.82, 2.24) is 10.5 Å². The standard InChI is InChI=1S/C19H20N2O2S/c1-12(10-13-11-24-17-9-5-3-6-14(13)17)20-19(22)18-15-7-2-4-8-16(15)23-21-18/h3,5-6,9,11-12H,2,4,7-8,10H2,1H3,(H,20,22). The van der Waals surface area contributed by atoms with Gasteiger partial charge in [0.1, 0.15) is 5.76 Å². The van der Waals surface area contributed by atoms with Gasteiger partial charge in [0, 0.05) is 22.7 Å². The molecule has 1 aliphatic rings. The summed E-state index contributed by atoms with van der Waals surface area (Å²) < 4.78 is 6.63. The van der Waals surface area contributed by atoms with Crippen molar-refractivity contribution in [3.63, 3.8) is 0 Å². The van der Waals surface area contributed by atoms with Crippen LogP contribution in [0.3, 0.4) is 0 Å². The number of hydrogen-bond acceptors (Lipinski definition) is 4. The zero-order valence-electron chi connectivity index (χ0n) is 13.7. The average molecular weight is 340 g/mol. The molecule has 1 amide bonds. The van der Waals surface area contributed by atoms with Gasteiger partial charge in [0.2, 0.25) is 0 Å². The highest BCUT2D eigenvalue weighted by atomic mass is 32.1. The predicted octanol–water partition coefficient (Wildman–Crippen LogP) is 4.13. The SMILES string of the molecule is CC(Cc1csc2ccccc12)NC(=O)c1noc2c1CCCC2. The summed E-state index contributed by atoms with van der Waals surface area (Å²) in [7, 11) is 0. The van der Waals surface area contributed by atoms with E-state index in [1.807, 2.05) is 6.92 Å². The number of rotatable bonds is 4. The predicted molar refractivity (Wildman–Crippen MR) is 95.6 cm³/mol. The van der Waals surface area contributed by atoms with Gasteiger partial charge in [-0.3, -0.25) is 4.79 Å². The van der Waals surface area contributed by atoms with Crippen molar-refractivity contribution >= 4 is 27.3 Å². The van der Waals surface area contributed by atoms with Crippen LogP contribution in [0.4, 0.5) is 0 Å². The quantitative estimate of drug-likeness (QED) is 0.777. The van der Waals surface area contributed by atoms with Gasteiger partial charge in [-0.05, 0) is 55.0 Å². The Balaban J connectivity index is 1.47. The van der Waals surface area contributed by atoms with Crippen molar-refractivity contribution in [1.29, 1.82) is 0 Å². The fourth-order valence-electron chi connectivity index (χ4n) is 3.43. The third-order valence-electron chi connectivity index (χ3n) is 4.63. The van der Waals surface area contributed by atoms with Crippen LogP contribution in [0, 0.1) is 0 Å². The Bertz CT molecular complexity index is 881. The summed E-state index contributed by atoms with van der Waals surface area (Å²) >= 11 is 1.75. The molecule has 0 aliphatic heterocycles. The van der Waals surface area contributed by atoms with Crippen LogP contribution in [0.25, 0.3) is 10.1 Å². The Morgan fingerprint density at radius 1 is 1.33 bits per heavy atom. The zero-order chi connectivity index (χ0) is 16.5. The molecular weight excluding hydrogens is 320 g/mol. The van der Waals surface area contributed by atoms with Gasteiger partial charge in [-0.1, -0.05) is 23.4 Å². The van der Waals surface area contributed by atoms with Gasteiger partial charge in [-0.25, -0.2) is 0 Å². The van der Waals surface area contributed by atoms with Crippen molar-refractivity contribution in [2.75, 3.05) is 0 Å². The molecule has 1 N–H and O–H groups in total. The molecule has 3 aromatic rings. The third kappa shape index (κ3) is 2.84. The van der Waals surface area contributed by atoms with E-state index in [0.717, 1.165) is 43.4 Å². The number of fused-ring (bicyclic) bond motifs is 2. The molecule has 2 aromatic heterocycles. The molecule has 1 unspecified atom stereocenters. The van der Waals surface area contributed by atoms with Crippen LogP contribution in [-0.2, 0) is 19.3 Å². The van der Waals surface area contributed by atoms with Crippen LogP contribution < -0.4 is 5.32 Å². The smallest absolute Gasteiger partial charge is 0.273 e. The molecule has 0 spiro atoms. The Morgan fingerprint density at radius 2 is 2.17 bits per heavy atom. The van der Waals surface area contributed by atoms with E-state index in [9.17, 15) is 4.79 Å². The highest BCUT2D eigenvalue weighted by molar-refractivity contribution is 7.17. The molecule has 124 valence electrons. The van der Waals surface area contributed by atoms with Crippen LogP contribution in [-0.4, -0.2) is 17.1 Å². The maximum absolute atomic E-state index is 12.5. The zero-order valence-corrected chi connectivity index (χ0v) is 14.5. The summed E-state index contributed by atoms with van der Waals surface area (Å²) in [6.45, 7) is 2.04. The number of nitrogens with one attached hydrogen (secondary N) is 1. The van der Waals surface area contributed by atoms with Gasteiger partial charge in [0.25, 0.3) is 5.91 Å². The van der Waals surface area contributed by atoms with E-state index in [0.29, 0.717) is 5.69 Å². The van der Waals surface area contributed by atoms with E-state index in [2.05, 4.69) is 40.1 Å². The van der Waals surface area contributed by atoms with Crippen LogP contribution in [0.5, 0.6) is 0 Å². The van der Waals surface area contributed by atoms with Crippen molar-refractivity contribution in [3.05, 3.63) is 52.2 Å². The number of carbonyl (C=O) groups is 1. The summed E-state index contributed by atoms with van der Waals surface area (Å²) in [6.07, 6.45) is 4.82. The van der Waals surface area contributed by atoms with Gasteiger partial charge in [-0.15, -0.1) is 11.3 Å². The molecule has 5 heteroatoms. The topological polar surface area (TPSA) is 55.1 Å². The first-order valence-electron chi connectivity index (χ1n) is 8.46. The van der Waals surface area contributed by atoms with E-state index in [4.69, 9.17) is 4.52 Å². The largest absolute Gasteiger partial charge is 0.360 e. The number of benzene rings is 1. The molecule has 4 rings (SSSR count). The van der Waals surface area contributed by atoms with Crippen molar-refractivity contribution in [3.8, 4) is 0 Å². The number of amides is 1. The second kappa shape index (κ2) is 6.40. The lowest BCUT2D eigenvalue weighted by Gasteiger charge is -2.14. The lowest BCUT2D eigenvalue weighted by atomic mass is 9.96. The minimum Gasteiger partial charge on any atom is -0.360 e. The number of thiophene rings is 1. The first kappa shape index (κ1) is 15.4. The van der Waals surface area contributed by atoms with Gasteiger partial charge < -0.3 is 9.84 Å². The minimum atomic E-state index is -0.117. The number of hydrogen-bond donors (Lipinski definition) is 1. The Morgan fingerprint density at radius 3 is 3.08 bits per heavy atom. The van der Waals surface area contributed by atoms with Crippen LogP contribution >= 0.6 is 11.3 Å². The van der Waals surface area contributed by atoms with Crippen LogP contribution in [0.2, 0.25) is 0 Å². The minimum absolute atomic E-state index is 0.0476. The molecule has 24 heavy (non-hydrogen) atoms. The van der Waals surface area contributed by atoms with Gasteiger partial charge >= 0.3 is 0 Å². The molecule has 0 bridgehead atoms. The molecule has 0 saturated carbocycles. The maximum atomic E-state index is 12.5. The normalized spacial score (nSPS) is 15.2. The lowest BCUT2D eigenvalue weighted by Crippen LogP contribution is -2.34. The third-order valence-corrected chi connectivity index (χ3v) is 5.64. The molecule has 1 aliphatic carbocycles. The fourth-order valence-corrected chi connectivity index (χ4v) is 4.40. The first-order chi connectivity index (χ1) is 11.7. The monoisotopic (exact) mass is 340 g/mol. The van der Waals surface area contributed by atoms with Crippen molar-refractivity contribution in [2.24, 2.45) is 0 Å². The molecule has 0 saturated heterocycles. The van der Waals surface area contributed by atoms with E-state index >= 15 is 0 Å². The number of nitrogens with zero attached hydrogens (tertiary/aromatic N) is 1. The highest BCUT2D eigenvalue weighted by Crippen LogP contribution is 2.27. The summed E-state index contributed by atoms with van der Waals surface area (Å²) in [4.78, 5) is 12.5. The molecule has 1 atom stereocenters. The summed E-state index contributed by atoms with van der Waals surface area (Å²) in [5.74, 6) is 0.775. The summed E-state index contributed by atoms with van der Waals surface area (Å²) in [5.41, 5.74) is 2.77. The number of aromatic nitrogens is 1. The number of aryl methyl sites for hydroxylation is 1.